The van der Waals surface area contributed by atoms with Crippen LogP contribution in [0.5, 0.6) is 0 Å². The van der Waals surface area contributed by atoms with Crippen molar-refractivity contribution in [1.29, 1.82) is 0 Å². The fraction of sp³-hybridized carbons (Fsp3) is 0.231. The molecule has 37 heavy (non-hydrogen) atoms. The van der Waals surface area contributed by atoms with E-state index in [4.69, 9.17) is 23.2 Å². The molecule has 0 fully saturated rings. The summed E-state index contributed by atoms with van der Waals surface area (Å²) >= 11 is 12.1. The van der Waals surface area contributed by atoms with Crippen LogP contribution in [-0.2, 0) is 26.2 Å². The number of nitrogens with one attached hydrogen (secondary N) is 1. The van der Waals surface area contributed by atoms with Gasteiger partial charge in [0, 0.05) is 13.6 Å². The van der Waals surface area contributed by atoms with Crippen LogP contribution in [0.1, 0.15) is 18.1 Å². The van der Waals surface area contributed by atoms with Gasteiger partial charge in [-0.1, -0.05) is 59.1 Å². The number of halogens is 3. The Morgan fingerprint density at radius 3 is 2.24 bits per heavy atom. The molecule has 3 aromatic rings. The van der Waals surface area contributed by atoms with Crippen LogP contribution < -0.4 is 9.62 Å². The summed E-state index contributed by atoms with van der Waals surface area (Å²) in [7, 11) is -2.93. The Balaban J connectivity index is 2.05. The number of likely N-dealkylation sites (N-methyl/N-ethyl adjacent to an activating group) is 1. The van der Waals surface area contributed by atoms with Gasteiger partial charge in [0.2, 0.25) is 11.8 Å². The molecule has 1 atom stereocenters. The zero-order valence-electron chi connectivity index (χ0n) is 20.4. The topological polar surface area (TPSA) is 86.8 Å². The van der Waals surface area contributed by atoms with Gasteiger partial charge in [-0.15, -0.1) is 0 Å². The van der Waals surface area contributed by atoms with Gasteiger partial charge in [-0.05, 0) is 55.8 Å². The maximum atomic E-state index is 14.8. The first-order chi connectivity index (χ1) is 17.4. The van der Waals surface area contributed by atoms with Gasteiger partial charge in [0.05, 0.1) is 20.6 Å². The average molecular weight is 566 g/mol. The Labute approximate surface area is 225 Å². The third kappa shape index (κ3) is 6.60. The molecule has 2 amide bonds. The zero-order chi connectivity index (χ0) is 27.3. The SMILES string of the molecule is CNC(=O)C(C)N(Cc1ccc(Cl)c(Cl)c1)C(=O)CN(c1ccccc1F)S(=O)(=O)c1ccc(C)cc1. The molecule has 0 saturated heterocycles. The molecule has 11 heteroatoms. The second kappa shape index (κ2) is 11.9. The Morgan fingerprint density at radius 1 is 1.00 bits per heavy atom. The zero-order valence-corrected chi connectivity index (χ0v) is 22.7. The lowest BCUT2D eigenvalue weighted by atomic mass is 10.1. The van der Waals surface area contributed by atoms with Crippen molar-refractivity contribution in [2.75, 3.05) is 17.9 Å². The number of benzene rings is 3. The molecule has 0 spiro atoms. The molecule has 0 bridgehead atoms. The quantitative estimate of drug-likeness (QED) is 0.403. The van der Waals surface area contributed by atoms with Crippen LogP contribution in [0.15, 0.2) is 71.6 Å². The molecule has 0 radical (unpaired) electrons. The Hall–Kier alpha value is -3.14. The van der Waals surface area contributed by atoms with E-state index in [9.17, 15) is 22.4 Å². The largest absolute Gasteiger partial charge is 0.357 e. The van der Waals surface area contributed by atoms with Crippen molar-refractivity contribution in [2.24, 2.45) is 0 Å². The number of anilines is 1. The highest BCUT2D eigenvalue weighted by Gasteiger charge is 2.33. The Morgan fingerprint density at radius 2 is 1.65 bits per heavy atom. The fourth-order valence-electron chi connectivity index (χ4n) is 3.63. The lowest BCUT2D eigenvalue weighted by Crippen LogP contribution is -2.50. The maximum absolute atomic E-state index is 14.8. The van der Waals surface area contributed by atoms with Crippen molar-refractivity contribution in [2.45, 2.75) is 31.3 Å². The smallest absolute Gasteiger partial charge is 0.264 e. The van der Waals surface area contributed by atoms with E-state index >= 15 is 0 Å². The Bertz CT molecular complexity index is 1400. The van der Waals surface area contributed by atoms with Gasteiger partial charge in [-0.3, -0.25) is 13.9 Å². The first-order valence-electron chi connectivity index (χ1n) is 11.2. The van der Waals surface area contributed by atoms with E-state index in [1.807, 2.05) is 0 Å². The summed E-state index contributed by atoms with van der Waals surface area (Å²) < 4.78 is 42.8. The standard InChI is InChI=1S/C26H26Cl2FN3O4S/c1-17-8-11-20(12-9-17)37(35,36)32(24-7-5-4-6-23(24)29)16-25(33)31(18(2)26(34)30-3)15-19-10-13-21(27)22(28)14-19/h4-14,18H,15-16H2,1-3H3,(H,30,34). The number of hydrogen-bond donors (Lipinski definition) is 1. The molecular weight excluding hydrogens is 540 g/mol. The van der Waals surface area contributed by atoms with Gasteiger partial charge in [0.1, 0.15) is 18.4 Å². The summed E-state index contributed by atoms with van der Waals surface area (Å²) in [5.74, 6) is -2.00. The minimum atomic E-state index is -4.35. The van der Waals surface area contributed by atoms with Crippen molar-refractivity contribution >= 4 is 50.7 Å². The molecule has 0 heterocycles. The number of amides is 2. The summed E-state index contributed by atoms with van der Waals surface area (Å²) in [5.41, 5.74) is 1.11. The minimum Gasteiger partial charge on any atom is -0.357 e. The van der Waals surface area contributed by atoms with Crippen molar-refractivity contribution in [3.63, 3.8) is 0 Å². The first kappa shape index (κ1) is 28.4. The molecule has 0 aliphatic heterocycles. The normalized spacial score (nSPS) is 12.1. The van der Waals surface area contributed by atoms with E-state index in [1.54, 1.807) is 37.3 Å². The minimum absolute atomic E-state index is 0.0694. The van der Waals surface area contributed by atoms with E-state index in [0.717, 1.165) is 11.6 Å². The summed E-state index contributed by atoms with van der Waals surface area (Å²) in [6.45, 7) is 2.49. The van der Waals surface area contributed by atoms with E-state index in [0.29, 0.717) is 14.9 Å². The molecule has 1 unspecified atom stereocenters. The van der Waals surface area contributed by atoms with Crippen LogP contribution in [-0.4, -0.2) is 44.8 Å². The lowest BCUT2D eigenvalue weighted by molar-refractivity contribution is -0.139. The number of para-hydroxylation sites is 1. The maximum Gasteiger partial charge on any atom is 0.264 e. The van der Waals surface area contributed by atoms with Crippen LogP contribution in [0.2, 0.25) is 10.0 Å². The second-order valence-electron chi connectivity index (χ2n) is 8.34. The van der Waals surface area contributed by atoms with E-state index in [2.05, 4.69) is 5.32 Å². The highest BCUT2D eigenvalue weighted by molar-refractivity contribution is 7.92. The van der Waals surface area contributed by atoms with Crippen LogP contribution >= 0.6 is 23.2 Å². The molecule has 0 aliphatic carbocycles. The molecule has 196 valence electrons. The van der Waals surface area contributed by atoms with Gasteiger partial charge < -0.3 is 10.2 Å². The third-order valence-corrected chi connectivity index (χ3v) is 8.27. The molecule has 0 aromatic heterocycles. The molecule has 0 aliphatic rings. The summed E-state index contributed by atoms with van der Waals surface area (Å²) in [4.78, 5) is 27.2. The predicted octanol–water partition coefficient (Wildman–Crippen LogP) is 4.80. The number of rotatable bonds is 9. The summed E-state index contributed by atoms with van der Waals surface area (Å²) in [5, 5.41) is 3.07. The molecule has 1 N–H and O–H groups in total. The lowest BCUT2D eigenvalue weighted by Gasteiger charge is -2.32. The number of carbonyl (C=O) groups is 2. The van der Waals surface area contributed by atoms with Gasteiger partial charge in [-0.25, -0.2) is 12.8 Å². The van der Waals surface area contributed by atoms with E-state index in [1.165, 1.54) is 49.2 Å². The fourth-order valence-corrected chi connectivity index (χ4v) is 5.37. The highest BCUT2D eigenvalue weighted by Crippen LogP contribution is 2.28. The van der Waals surface area contributed by atoms with Crippen LogP contribution in [0.3, 0.4) is 0 Å². The third-order valence-electron chi connectivity index (χ3n) is 5.76. The number of aryl methyl sites for hydroxylation is 1. The van der Waals surface area contributed by atoms with Crippen molar-refractivity contribution in [3.05, 3.63) is 93.7 Å². The van der Waals surface area contributed by atoms with Crippen LogP contribution in [0.25, 0.3) is 0 Å². The number of hydrogen-bond acceptors (Lipinski definition) is 4. The van der Waals surface area contributed by atoms with Crippen LogP contribution in [0.4, 0.5) is 10.1 Å². The molecule has 7 nitrogen and oxygen atoms in total. The van der Waals surface area contributed by atoms with Crippen molar-refractivity contribution in [3.8, 4) is 0 Å². The highest BCUT2D eigenvalue weighted by atomic mass is 35.5. The summed E-state index contributed by atoms with van der Waals surface area (Å²) in [6, 6.07) is 15.1. The van der Waals surface area contributed by atoms with Crippen molar-refractivity contribution < 1.29 is 22.4 Å². The first-order valence-corrected chi connectivity index (χ1v) is 13.4. The summed E-state index contributed by atoms with van der Waals surface area (Å²) in [6.07, 6.45) is 0. The monoisotopic (exact) mass is 565 g/mol. The Kier molecular flexibility index (Phi) is 9.17. The second-order valence-corrected chi connectivity index (χ2v) is 11.0. The molecule has 0 saturated carbocycles. The van der Waals surface area contributed by atoms with Crippen molar-refractivity contribution in [1.82, 2.24) is 10.2 Å². The molecular formula is C26H26Cl2FN3O4S. The number of sulfonamides is 1. The van der Waals surface area contributed by atoms with Gasteiger partial charge in [0.15, 0.2) is 0 Å². The molecule has 3 rings (SSSR count). The number of carbonyl (C=O) groups excluding carboxylic acids is 2. The predicted molar refractivity (Wildman–Crippen MR) is 143 cm³/mol. The van der Waals surface area contributed by atoms with Gasteiger partial charge in [-0.2, -0.15) is 0 Å². The average Bonchev–Trinajstić information content (AvgIpc) is 2.87. The van der Waals surface area contributed by atoms with E-state index in [-0.39, 0.29) is 22.2 Å². The molecule has 3 aromatic carbocycles. The van der Waals surface area contributed by atoms with E-state index < -0.39 is 40.2 Å². The van der Waals surface area contributed by atoms with Gasteiger partial charge in [0.25, 0.3) is 10.0 Å². The van der Waals surface area contributed by atoms with Crippen LogP contribution in [0, 0.1) is 12.7 Å². The van der Waals surface area contributed by atoms with Gasteiger partial charge >= 0.3 is 0 Å². The number of nitrogens with zero attached hydrogens (tertiary/aromatic N) is 2.